The molecular weight excluding hydrogens is 310 g/mol. The van der Waals surface area contributed by atoms with Crippen LogP contribution in [0.5, 0.6) is 11.5 Å². The Labute approximate surface area is 129 Å². The maximum absolute atomic E-state index is 11.4. The van der Waals surface area contributed by atoms with Gasteiger partial charge in [-0.25, -0.2) is 8.42 Å². The summed E-state index contributed by atoms with van der Waals surface area (Å²) in [6.45, 7) is 0.580. The van der Waals surface area contributed by atoms with Crippen molar-refractivity contribution in [2.75, 3.05) is 13.3 Å². The van der Waals surface area contributed by atoms with E-state index >= 15 is 0 Å². The summed E-state index contributed by atoms with van der Waals surface area (Å²) < 4.78 is 28.6. The summed E-state index contributed by atoms with van der Waals surface area (Å²) in [4.78, 5) is 0.261. The average molecular weight is 326 g/mol. The molecule has 0 radical (unpaired) electrons. The van der Waals surface area contributed by atoms with E-state index in [0.717, 1.165) is 5.56 Å². The van der Waals surface area contributed by atoms with E-state index in [0.29, 0.717) is 23.1 Å². The van der Waals surface area contributed by atoms with Gasteiger partial charge in [0.1, 0.15) is 11.5 Å². The summed E-state index contributed by atoms with van der Waals surface area (Å²) >= 11 is 6.16. The molecule has 0 amide bonds. The van der Waals surface area contributed by atoms with Crippen LogP contribution in [0, 0.1) is 0 Å². The van der Waals surface area contributed by atoms with Crippen molar-refractivity contribution in [3.63, 3.8) is 0 Å². The molecule has 2 rings (SSSR count). The Kier molecular flexibility index (Phi) is 4.88. The molecule has 0 aliphatic carbocycles. The lowest BCUT2D eigenvalue weighted by molar-refractivity contribution is 0.474. The van der Waals surface area contributed by atoms with Crippen LogP contribution < -0.4 is 10.1 Å². The van der Waals surface area contributed by atoms with Crippen LogP contribution in [0.25, 0.3) is 0 Å². The lowest BCUT2D eigenvalue weighted by atomic mass is 10.2. The van der Waals surface area contributed by atoms with Gasteiger partial charge in [-0.3, -0.25) is 0 Å². The van der Waals surface area contributed by atoms with Crippen molar-refractivity contribution >= 4 is 21.4 Å². The van der Waals surface area contributed by atoms with Crippen molar-refractivity contribution in [1.82, 2.24) is 5.32 Å². The number of halogens is 1. The summed E-state index contributed by atoms with van der Waals surface area (Å²) in [5, 5.41) is 3.66. The SMILES string of the molecule is CNCc1c(Cl)cccc1Oc1ccc(S(C)(=O)=O)cc1. The molecule has 0 saturated carbocycles. The zero-order valence-corrected chi connectivity index (χ0v) is 13.3. The molecule has 0 atom stereocenters. The molecular formula is C15H16ClNO3S. The summed E-state index contributed by atoms with van der Waals surface area (Å²) in [5.41, 5.74) is 0.855. The van der Waals surface area contributed by atoms with E-state index in [1.54, 1.807) is 18.2 Å². The summed E-state index contributed by atoms with van der Waals surface area (Å²) in [5.74, 6) is 1.20. The molecule has 1 N–H and O–H groups in total. The Bertz CT molecular complexity index is 727. The van der Waals surface area contributed by atoms with Crippen LogP contribution in [0.1, 0.15) is 5.56 Å². The smallest absolute Gasteiger partial charge is 0.175 e. The number of sulfone groups is 1. The first-order valence-electron chi connectivity index (χ1n) is 6.32. The molecule has 4 nitrogen and oxygen atoms in total. The van der Waals surface area contributed by atoms with Gasteiger partial charge in [0.15, 0.2) is 9.84 Å². The first-order valence-corrected chi connectivity index (χ1v) is 8.58. The van der Waals surface area contributed by atoms with Crippen molar-refractivity contribution in [2.24, 2.45) is 0 Å². The molecule has 0 bridgehead atoms. The molecule has 2 aromatic rings. The van der Waals surface area contributed by atoms with Crippen molar-refractivity contribution in [3.05, 3.63) is 53.1 Å². The van der Waals surface area contributed by atoms with Crippen LogP contribution in [0.3, 0.4) is 0 Å². The molecule has 0 saturated heterocycles. The largest absolute Gasteiger partial charge is 0.457 e. The van der Waals surface area contributed by atoms with E-state index in [9.17, 15) is 8.42 Å². The number of benzene rings is 2. The molecule has 0 unspecified atom stereocenters. The first-order chi connectivity index (χ1) is 9.91. The van der Waals surface area contributed by atoms with Crippen LogP contribution in [0.2, 0.25) is 5.02 Å². The third kappa shape index (κ3) is 3.97. The third-order valence-electron chi connectivity index (χ3n) is 2.91. The van der Waals surface area contributed by atoms with Gasteiger partial charge in [-0.15, -0.1) is 0 Å². The van der Waals surface area contributed by atoms with Gasteiger partial charge in [0.25, 0.3) is 0 Å². The second-order valence-electron chi connectivity index (χ2n) is 4.59. The van der Waals surface area contributed by atoms with Gasteiger partial charge >= 0.3 is 0 Å². The Morgan fingerprint density at radius 1 is 1.14 bits per heavy atom. The van der Waals surface area contributed by atoms with E-state index in [1.165, 1.54) is 18.4 Å². The third-order valence-corrected chi connectivity index (χ3v) is 4.39. The molecule has 0 aliphatic rings. The molecule has 0 aromatic heterocycles. The highest BCUT2D eigenvalue weighted by atomic mass is 35.5. The normalized spacial score (nSPS) is 11.4. The van der Waals surface area contributed by atoms with E-state index in [2.05, 4.69) is 5.32 Å². The summed E-state index contributed by atoms with van der Waals surface area (Å²) in [6, 6.07) is 11.7. The first kappa shape index (κ1) is 15.8. The fourth-order valence-electron chi connectivity index (χ4n) is 1.86. The zero-order valence-electron chi connectivity index (χ0n) is 11.8. The van der Waals surface area contributed by atoms with Gasteiger partial charge in [-0.05, 0) is 43.4 Å². The molecule has 0 fully saturated rings. The predicted molar refractivity (Wildman–Crippen MR) is 83.8 cm³/mol. The minimum Gasteiger partial charge on any atom is -0.457 e. The van der Waals surface area contributed by atoms with Crippen molar-refractivity contribution < 1.29 is 13.2 Å². The van der Waals surface area contributed by atoms with Gasteiger partial charge in [-0.1, -0.05) is 17.7 Å². The molecule has 112 valence electrons. The van der Waals surface area contributed by atoms with Gasteiger partial charge < -0.3 is 10.1 Å². The van der Waals surface area contributed by atoms with Gasteiger partial charge in [0.05, 0.1) is 4.90 Å². The number of rotatable bonds is 5. The zero-order chi connectivity index (χ0) is 15.5. The van der Waals surface area contributed by atoms with E-state index in [4.69, 9.17) is 16.3 Å². The lowest BCUT2D eigenvalue weighted by Gasteiger charge is -2.12. The number of hydrogen-bond donors (Lipinski definition) is 1. The molecule has 0 spiro atoms. The second kappa shape index (κ2) is 6.47. The van der Waals surface area contributed by atoms with Gasteiger partial charge in [0, 0.05) is 23.4 Å². The number of hydrogen-bond acceptors (Lipinski definition) is 4. The van der Waals surface area contributed by atoms with Gasteiger partial charge in [-0.2, -0.15) is 0 Å². The standard InChI is InChI=1S/C15H16ClNO3S/c1-17-10-13-14(16)4-3-5-15(13)20-11-6-8-12(9-7-11)21(2,18)19/h3-9,17H,10H2,1-2H3. The lowest BCUT2D eigenvalue weighted by Crippen LogP contribution is -2.07. The van der Waals surface area contributed by atoms with Crippen molar-refractivity contribution in [3.8, 4) is 11.5 Å². The minimum absolute atomic E-state index is 0.261. The maximum Gasteiger partial charge on any atom is 0.175 e. The van der Waals surface area contributed by atoms with Crippen LogP contribution in [-0.4, -0.2) is 21.7 Å². The Morgan fingerprint density at radius 3 is 2.38 bits per heavy atom. The topological polar surface area (TPSA) is 55.4 Å². The van der Waals surface area contributed by atoms with Crippen LogP contribution in [0.4, 0.5) is 0 Å². The van der Waals surface area contributed by atoms with Crippen LogP contribution in [0.15, 0.2) is 47.4 Å². The van der Waals surface area contributed by atoms with Crippen LogP contribution in [-0.2, 0) is 16.4 Å². The minimum atomic E-state index is -3.20. The van der Waals surface area contributed by atoms with Crippen molar-refractivity contribution in [2.45, 2.75) is 11.4 Å². The highest BCUT2D eigenvalue weighted by molar-refractivity contribution is 7.90. The van der Waals surface area contributed by atoms with Crippen LogP contribution >= 0.6 is 11.6 Å². The summed E-state index contributed by atoms with van der Waals surface area (Å²) in [6.07, 6.45) is 1.17. The molecule has 2 aromatic carbocycles. The maximum atomic E-state index is 11.4. The van der Waals surface area contributed by atoms with E-state index in [1.807, 2.05) is 19.2 Å². The second-order valence-corrected chi connectivity index (χ2v) is 7.02. The van der Waals surface area contributed by atoms with Gasteiger partial charge in [0.2, 0.25) is 0 Å². The fraction of sp³-hybridized carbons (Fsp3) is 0.200. The van der Waals surface area contributed by atoms with E-state index in [-0.39, 0.29) is 4.90 Å². The highest BCUT2D eigenvalue weighted by Gasteiger charge is 2.10. The summed E-state index contributed by atoms with van der Waals surface area (Å²) in [7, 11) is -1.38. The molecule has 0 heterocycles. The predicted octanol–water partition coefficient (Wildman–Crippen LogP) is 3.26. The fourth-order valence-corrected chi connectivity index (χ4v) is 2.73. The Hall–Kier alpha value is -1.56. The molecule has 21 heavy (non-hydrogen) atoms. The highest BCUT2D eigenvalue weighted by Crippen LogP contribution is 2.30. The molecule has 0 aliphatic heterocycles. The van der Waals surface area contributed by atoms with Crippen molar-refractivity contribution in [1.29, 1.82) is 0 Å². The Morgan fingerprint density at radius 2 is 1.81 bits per heavy atom. The monoisotopic (exact) mass is 325 g/mol. The average Bonchev–Trinajstić information content (AvgIpc) is 2.42. The van der Waals surface area contributed by atoms with E-state index < -0.39 is 9.84 Å². The molecule has 6 heteroatoms. The number of nitrogens with one attached hydrogen (secondary N) is 1. The quantitative estimate of drug-likeness (QED) is 0.916. The number of ether oxygens (including phenoxy) is 1. The Balaban J connectivity index is 2.28.